The van der Waals surface area contributed by atoms with Gasteiger partial charge in [0, 0.05) is 56.0 Å². The van der Waals surface area contributed by atoms with Crippen LogP contribution < -0.4 is 10.6 Å². The summed E-state index contributed by atoms with van der Waals surface area (Å²) in [5.74, 6) is 1.32. The van der Waals surface area contributed by atoms with E-state index in [9.17, 15) is 9.59 Å². The van der Waals surface area contributed by atoms with Crippen molar-refractivity contribution in [2.75, 3.05) is 32.0 Å². The summed E-state index contributed by atoms with van der Waals surface area (Å²) in [5, 5.41) is 5.91. The molecule has 1 aromatic carbocycles. The summed E-state index contributed by atoms with van der Waals surface area (Å²) >= 11 is 0. The molecule has 1 aliphatic rings. The van der Waals surface area contributed by atoms with Crippen molar-refractivity contribution in [3.05, 3.63) is 41.6 Å². The molecule has 1 aromatic heterocycles. The average molecular weight is 367 g/mol. The van der Waals surface area contributed by atoms with Gasteiger partial charge in [0.05, 0.1) is 0 Å². The molecule has 3 rings (SSSR count). The van der Waals surface area contributed by atoms with Crippen molar-refractivity contribution in [3.63, 3.8) is 0 Å². The van der Waals surface area contributed by atoms with Crippen LogP contribution in [0, 0.1) is 6.92 Å². The van der Waals surface area contributed by atoms with Gasteiger partial charge in [-0.2, -0.15) is 0 Å². The van der Waals surface area contributed by atoms with Gasteiger partial charge < -0.3 is 15.5 Å². The molecule has 1 saturated heterocycles. The monoisotopic (exact) mass is 367 g/mol. The second-order valence-electron chi connectivity index (χ2n) is 6.64. The lowest BCUT2D eigenvalue weighted by atomic mass is 10.1. The Kier molecular flexibility index (Phi) is 6.01. The number of amides is 2. The molecule has 7 heteroatoms. The maximum Gasteiger partial charge on any atom is 0.251 e. The SMILES string of the molecule is CNc1cc(C)nc(-c2cccc(C(=O)NCCN3CCCCC3=O)c2)n1. The summed E-state index contributed by atoms with van der Waals surface area (Å²) in [7, 11) is 1.81. The Labute approximate surface area is 159 Å². The van der Waals surface area contributed by atoms with Crippen LogP contribution in [0.25, 0.3) is 11.4 Å². The van der Waals surface area contributed by atoms with Crippen LogP contribution in [0.2, 0.25) is 0 Å². The third-order valence-corrected chi connectivity index (χ3v) is 4.58. The third-order valence-electron chi connectivity index (χ3n) is 4.58. The molecule has 0 aliphatic carbocycles. The molecule has 27 heavy (non-hydrogen) atoms. The Morgan fingerprint density at radius 1 is 1.22 bits per heavy atom. The van der Waals surface area contributed by atoms with E-state index in [-0.39, 0.29) is 11.8 Å². The van der Waals surface area contributed by atoms with Crippen molar-refractivity contribution < 1.29 is 9.59 Å². The van der Waals surface area contributed by atoms with Crippen molar-refractivity contribution in [3.8, 4) is 11.4 Å². The first kappa shape index (κ1) is 18.8. The second-order valence-corrected chi connectivity index (χ2v) is 6.64. The largest absolute Gasteiger partial charge is 0.373 e. The fraction of sp³-hybridized carbons (Fsp3) is 0.400. The van der Waals surface area contributed by atoms with E-state index in [1.165, 1.54) is 0 Å². The number of hydrogen-bond donors (Lipinski definition) is 2. The van der Waals surface area contributed by atoms with Crippen molar-refractivity contribution in [2.45, 2.75) is 26.2 Å². The van der Waals surface area contributed by atoms with Gasteiger partial charge in [-0.15, -0.1) is 0 Å². The lowest BCUT2D eigenvalue weighted by Crippen LogP contribution is -2.41. The maximum atomic E-state index is 12.5. The van der Waals surface area contributed by atoms with E-state index in [1.54, 1.807) is 12.1 Å². The van der Waals surface area contributed by atoms with E-state index in [4.69, 9.17) is 0 Å². The number of benzene rings is 1. The molecule has 2 amide bonds. The molecule has 7 nitrogen and oxygen atoms in total. The predicted molar refractivity (Wildman–Crippen MR) is 105 cm³/mol. The van der Waals surface area contributed by atoms with Crippen LogP contribution >= 0.6 is 0 Å². The van der Waals surface area contributed by atoms with Gasteiger partial charge in [-0.1, -0.05) is 12.1 Å². The van der Waals surface area contributed by atoms with Crippen molar-refractivity contribution in [2.24, 2.45) is 0 Å². The molecule has 0 bridgehead atoms. The van der Waals surface area contributed by atoms with E-state index in [2.05, 4.69) is 20.6 Å². The van der Waals surface area contributed by atoms with Gasteiger partial charge in [-0.05, 0) is 31.9 Å². The minimum absolute atomic E-state index is 0.164. The van der Waals surface area contributed by atoms with Crippen LogP contribution in [-0.4, -0.2) is 53.4 Å². The van der Waals surface area contributed by atoms with Gasteiger partial charge in [0.15, 0.2) is 5.82 Å². The zero-order valence-corrected chi connectivity index (χ0v) is 15.8. The van der Waals surface area contributed by atoms with E-state index in [0.29, 0.717) is 30.9 Å². The van der Waals surface area contributed by atoms with Gasteiger partial charge in [-0.3, -0.25) is 9.59 Å². The van der Waals surface area contributed by atoms with Crippen LogP contribution in [0.3, 0.4) is 0 Å². The molecule has 0 saturated carbocycles. The molecule has 0 atom stereocenters. The highest BCUT2D eigenvalue weighted by Crippen LogP contribution is 2.19. The minimum atomic E-state index is -0.164. The fourth-order valence-electron chi connectivity index (χ4n) is 3.13. The quantitative estimate of drug-likeness (QED) is 0.818. The van der Waals surface area contributed by atoms with Gasteiger partial charge in [-0.25, -0.2) is 9.97 Å². The van der Waals surface area contributed by atoms with Crippen LogP contribution in [0.4, 0.5) is 5.82 Å². The summed E-state index contributed by atoms with van der Waals surface area (Å²) in [6.45, 7) is 3.68. The van der Waals surface area contributed by atoms with Crippen molar-refractivity contribution >= 4 is 17.6 Å². The number of piperidine rings is 1. The third kappa shape index (κ3) is 4.81. The summed E-state index contributed by atoms with van der Waals surface area (Å²) in [5.41, 5.74) is 2.19. The molecular weight excluding hydrogens is 342 g/mol. The smallest absolute Gasteiger partial charge is 0.251 e. The topological polar surface area (TPSA) is 87.2 Å². The number of rotatable bonds is 6. The fourth-order valence-corrected chi connectivity index (χ4v) is 3.13. The van der Waals surface area contributed by atoms with E-state index in [0.717, 1.165) is 36.5 Å². The number of likely N-dealkylation sites (tertiary alicyclic amines) is 1. The van der Waals surface area contributed by atoms with Crippen LogP contribution in [0.15, 0.2) is 30.3 Å². The molecule has 2 heterocycles. The summed E-state index contributed by atoms with van der Waals surface area (Å²) < 4.78 is 0. The molecule has 142 valence electrons. The number of carbonyl (C=O) groups is 2. The number of aromatic nitrogens is 2. The van der Waals surface area contributed by atoms with Crippen LogP contribution in [0.5, 0.6) is 0 Å². The van der Waals surface area contributed by atoms with Crippen LogP contribution in [-0.2, 0) is 4.79 Å². The van der Waals surface area contributed by atoms with E-state index >= 15 is 0 Å². The lowest BCUT2D eigenvalue weighted by Gasteiger charge is -2.26. The molecule has 2 aromatic rings. The normalized spacial score (nSPS) is 14.1. The maximum absolute atomic E-state index is 12.5. The van der Waals surface area contributed by atoms with Crippen LogP contribution in [0.1, 0.15) is 35.3 Å². The number of hydrogen-bond acceptors (Lipinski definition) is 5. The Morgan fingerprint density at radius 2 is 2.07 bits per heavy atom. The van der Waals surface area contributed by atoms with E-state index < -0.39 is 0 Å². The number of carbonyl (C=O) groups excluding carboxylic acids is 2. The van der Waals surface area contributed by atoms with Gasteiger partial charge in [0.2, 0.25) is 5.91 Å². The zero-order valence-electron chi connectivity index (χ0n) is 15.8. The molecule has 0 unspecified atom stereocenters. The molecule has 1 aliphatic heterocycles. The number of anilines is 1. The number of nitrogens with one attached hydrogen (secondary N) is 2. The van der Waals surface area contributed by atoms with Crippen molar-refractivity contribution in [1.29, 1.82) is 0 Å². The summed E-state index contributed by atoms with van der Waals surface area (Å²) in [4.78, 5) is 35.0. The molecular formula is C20H25N5O2. The van der Waals surface area contributed by atoms with Crippen molar-refractivity contribution in [1.82, 2.24) is 20.2 Å². The lowest BCUT2D eigenvalue weighted by molar-refractivity contribution is -0.133. The highest BCUT2D eigenvalue weighted by Gasteiger charge is 2.17. The molecule has 0 radical (unpaired) electrons. The highest BCUT2D eigenvalue weighted by atomic mass is 16.2. The second kappa shape index (κ2) is 8.62. The Hall–Kier alpha value is -2.96. The molecule has 1 fully saturated rings. The minimum Gasteiger partial charge on any atom is -0.373 e. The Balaban J connectivity index is 1.65. The molecule has 2 N–H and O–H groups in total. The van der Waals surface area contributed by atoms with Gasteiger partial charge in [0.1, 0.15) is 5.82 Å². The first-order valence-corrected chi connectivity index (χ1v) is 9.26. The first-order chi connectivity index (χ1) is 13.1. The summed E-state index contributed by atoms with van der Waals surface area (Å²) in [6.07, 6.45) is 2.61. The van der Waals surface area contributed by atoms with E-state index in [1.807, 2.05) is 37.1 Å². The first-order valence-electron chi connectivity index (χ1n) is 9.26. The summed E-state index contributed by atoms with van der Waals surface area (Å²) in [6, 6.07) is 9.12. The van der Waals surface area contributed by atoms with Gasteiger partial charge >= 0.3 is 0 Å². The standard InChI is InChI=1S/C20H25N5O2/c1-14-12-17(21-2)24-19(23-14)15-6-5-7-16(13-15)20(27)22-9-11-25-10-4-3-8-18(25)26/h5-7,12-13H,3-4,8-11H2,1-2H3,(H,22,27)(H,21,23,24). The number of nitrogens with zero attached hydrogens (tertiary/aromatic N) is 3. The number of aryl methyl sites for hydroxylation is 1. The van der Waals surface area contributed by atoms with Gasteiger partial charge in [0.25, 0.3) is 5.91 Å². The zero-order chi connectivity index (χ0) is 19.2. The predicted octanol–water partition coefficient (Wildman–Crippen LogP) is 2.24. The highest BCUT2D eigenvalue weighted by molar-refractivity contribution is 5.95. The Morgan fingerprint density at radius 3 is 2.85 bits per heavy atom. The average Bonchev–Trinajstić information content (AvgIpc) is 2.69. The molecule has 0 spiro atoms. The Bertz CT molecular complexity index is 837.